The molecule has 0 aliphatic carbocycles. The van der Waals surface area contributed by atoms with Crippen LogP contribution in [0.3, 0.4) is 0 Å². The summed E-state index contributed by atoms with van der Waals surface area (Å²) in [5.41, 5.74) is 12.7. The number of carbonyl (C=O) groups is 2. The van der Waals surface area contributed by atoms with E-state index in [0.717, 1.165) is 52.9 Å². The summed E-state index contributed by atoms with van der Waals surface area (Å²) in [5, 5.41) is 6.96. The van der Waals surface area contributed by atoms with Crippen LogP contribution in [0.4, 0.5) is 11.4 Å². The number of nitrogens with two attached hydrogens (primary N) is 1. The first-order valence-corrected chi connectivity index (χ1v) is 15.7. The van der Waals surface area contributed by atoms with Crippen molar-refractivity contribution in [1.82, 2.24) is 10.1 Å². The summed E-state index contributed by atoms with van der Waals surface area (Å²) in [7, 11) is 2.04. The van der Waals surface area contributed by atoms with Gasteiger partial charge in [0.15, 0.2) is 5.69 Å². The molecule has 2 amide bonds. The molecule has 45 heavy (non-hydrogen) atoms. The van der Waals surface area contributed by atoms with E-state index in [9.17, 15) is 9.59 Å². The van der Waals surface area contributed by atoms with E-state index in [2.05, 4.69) is 73.4 Å². The predicted octanol–water partition coefficient (Wildman–Crippen LogP) is 7.56. The average Bonchev–Trinajstić information content (AvgIpc) is 3.45. The molecule has 4 aromatic rings. The molecule has 238 valence electrons. The van der Waals surface area contributed by atoms with Gasteiger partial charge in [0.1, 0.15) is 5.76 Å². The summed E-state index contributed by atoms with van der Waals surface area (Å²) in [5.74, 6) is 0.362. The van der Waals surface area contributed by atoms with Crippen LogP contribution in [0.5, 0.6) is 0 Å². The van der Waals surface area contributed by atoms with E-state index in [-0.39, 0.29) is 22.9 Å². The minimum Gasteiger partial charge on any atom is -0.373 e. The number of nitrogens with zero attached hydrogens (tertiary/aromatic N) is 3. The molecule has 0 aliphatic rings. The molecule has 4 rings (SSSR count). The fourth-order valence-electron chi connectivity index (χ4n) is 5.27. The van der Waals surface area contributed by atoms with Gasteiger partial charge in [0.2, 0.25) is 5.91 Å². The Morgan fingerprint density at radius 1 is 0.911 bits per heavy atom. The number of amides is 2. The number of nitrogens with one attached hydrogen (secondary N) is 1. The smallest absolute Gasteiger partial charge is 0.277 e. The maximum Gasteiger partial charge on any atom is 0.277 e. The van der Waals surface area contributed by atoms with E-state index in [1.807, 2.05) is 48.3 Å². The van der Waals surface area contributed by atoms with Gasteiger partial charge in [-0.15, -0.1) is 0 Å². The van der Waals surface area contributed by atoms with E-state index in [1.54, 1.807) is 13.0 Å². The molecule has 0 fully saturated rings. The Bertz CT molecular complexity index is 1600. The second kappa shape index (κ2) is 15.0. The van der Waals surface area contributed by atoms with Crippen LogP contribution < -0.4 is 16.0 Å². The first kappa shape index (κ1) is 33.5. The summed E-state index contributed by atoms with van der Waals surface area (Å²) in [6.45, 7) is 12.5. The fourth-order valence-corrected chi connectivity index (χ4v) is 5.27. The van der Waals surface area contributed by atoms with Gasteiger partial charge in [0, 0.05) is 45.7 Å². The number of hydrogen-bond acceptors (Lipinski definition) is 6. The molecule has 0 spiro atoms. The van der Waals surface area contributed by atoms with Crippen LogP contribution in [0.15, 0.2) is 77.3 Å². The van der Waals surface area contributed by atoms with Gasteiger partial charge in [0.05, 0.1) is 11.4 Å². The third-order valence-corrected chi connectivity index (χ3v) is 7.63. The Labute approximate surface area is 267 Å². The lowest BCUT2D eigenvalue weighted by Crippen LogP contribution is -2.32. The zero-order chi connectivity index (χ0) is 32.6. The Kier molecular flexibility index (Phi) is 11.2. The number of benzene rings is 3. The molecule has 1 aromatic heterocycles. The molecular weight excluding hydrogens is 562 g/mol. The molecule has 3 aromatic carbocycles. The first-order chi connectivity index (χ1) is 21.5. The summed E-state index contributed by atoms with van der Waals surface area (Å²) in [4.78, 5) is 30.7. The van der Waals surface area contributed by atoms with Crippen LogP contribution in [0.25, 0.3) is 11.1 Å². The van der Waals surface area contributed by atoms with E-state index < -0.39 is 0 Å². The summed E-state index contributed by atoms with van der Waals surface area (Å²) < 4.78 is 5.13. The molecular formula is C37H47N5O3. The zero-order valence-corrected chi connectivity index (χ0v) is 27.5. The van der Waals surface area contributed by atoms with Crippen molar-refractivity contribution in [3.05, 3.63) is 101 Å². The van der Waals surface area contributed by atoms with Gasteiger partial charge in [-0.2, -0.15) is 0 Å². The van der Waals surface area contributed by atoms with Crippen LogP contribution in [0, 0.1) is 12.3 Å². The third kappa shape index (κ3) is 9.53. The quantitative estimate of drug-likeness (QED) is 0.162. The van der Waals surface area contributed by atoms with E-state index in [1.165, 1.54) is 0 Å². The van der Waals surface area contributed by atoms with Crippen molar-refractivity contribution >= 4 is 23.2 Å². The topological polar surface area (TPSA) is 105 Å². The van der Waals surface area contributed by atoms with Crippen molar-refractivity contribution in [3.63, 3.8) is 0 Å². The lowest BCUT2D eigenvalue weighted by atomic mass is 9.91. The second-order valence-electron chi connectivity index (χ2n) is 13.0. The Hall–Kier alpha value is -4.43. The van der Waals surface area contributed by atoms with Crippen molar-refractivity contribution in [1.29, 1.82) is 0 Å². The normalized spacial score (nSPS) is 11.4. The highest BCUT2D eigenvalue weighted by molar-refractivity contribution is 6.05. The largest absolute Gasteiger partial charge is 0.373 e. The third-order valence-electron chi connectivity index (χ3n) is 7.63. The molecule has 3 N–H and O–H groups in total. The lowest BCUT2D eigenvalue weighted by Gasteiger charge is -2.27. The molecule has 0 atom stereocenters. The number of anilines is 2. The van der Waals surface area contributed by atoms with Crippen LogP contribution >= 0.6 is 0 Å². The van der Waals surface area contributed by atoms with Gasteiger partial charge in [-0.1, -0.05) is 87.8 Å². The van der Waals surface area contributed by atoms with Crippen molar-refractivity contribution in [2.75, 3.05) is 23.8 Å². The number of carbonyl (C=O) groups excluding carboxylic acids is 2. The number of hydrogen-bond donors (Lipinski definition) is 2. The lowest BCUT2D eigenvalue weighted by molar-refractivity contribution is -0.134. The maximum atomic E-state index is 13.6. The Morgan fingerprint density at radius 3 is 2.22 bits per heavy atom. The standard InChI is InChI=1S/C37H47N5O3/c1-7-8-17-41(6)34-16-15-31(21-32(34)39-36(44)33-18-26(2)45-40-33)30-14-10-13-29(20-30)25-42(35(43)22-37(3,4)5)24-28-12-9-11-27(19-28)23-38/h9-16,18-21H,7-8,17,22-25,38H2,1-6H3,(H,39,44). The Morgan fingerprint density at radius 2 is 1.58 bits per heavy atom. The van der Waals surface area contributed by atoms with E-state index >= 15 is 0 Å². The molecule has 0 radical (unpaired) electrons. The van der Waals surface area contributed by atoms with Crippen molar-refractivity contribution in [2.24, 2.45) is 11.1 Å². The fraction of sp³-hybridized carbons (Fsp3) is 0.378. The summed E-state index contributed by atoms with van der Waals surface area (Å²) >= 11 is 0. The second-order valence-corrected chi connectivity index (χ2v) is 13.0. The number of aromatic nitrogens is 1. The van der Waals surface area contributed by atoms with Gasteiger partial charge in [-0.25, -0.2) is 0 Å². The van der Waals surface area contributed by atoms with Crippen molar-refractivity contribution in [3.8, 4) is 11.1 Å². The van der Waals surface area contributed by atoms with Crippen LogP contribution in [0.1, 0.15) is 79.9 Å². The van der Waals surface area contributed by atoms with Crippen LogP contribution in [-0.2, 0) is 24.4 Å². The van der Waals surface area contributed by atoms with Gasteiger partial charge >= 0.3 is 0 Å². The van der Waals surface area contributed by atoms with Gasteiger partial charge in [0.25, 0.3) is 5.91 Å². The predicted molar refractivity (Wildman–Crippen MR) is 182 cm³/mol. The SMILES string of the molecule is CCCCN(C)c1ccc(-c2cccc(CN(Cc3cccc(CN)c3)C(=O)CC(C)(C)C)c2)cc1NC(=O)c1cc(C)on1. The molecule has 8 heteroatoms. The van der Waals surface area contributed by atoms with E-state index in [4.69, 9.17) is 10.3 Å². The number of aryl methyl sites for hydroxylation is 1. The Balaban J connectivity index is 1.64. The molecule has 0 saturated heterocycles. The molecule has 0 unspecified atom stereocenters. The van der Waals surface area contributed by atoms with Crippen LogP contribution in [0.2, 0.25) is 0 Å². The van der Waals surface area contributed by atoms with E-state index in [0.29, 0.717) is 37.5 Å². The van der Waals surface area contributed by atoms with Gasteiger partial charge < -0.3 is 25.4 Å². The van der Waals surface area contributed by atoms with Gasteiger partial charge in [-0.05, 0) is 64.8 Å². The summed E-state index contributed by atoms with van der Waals surface area (Å²) in [6.07, 6.45) is 2.56. The molecule has 0 saturated carbocycles. The molecule has 1 heterocycles. The highest BCUT2D eigenvalue weighted by Gasteiger charge is 2.22. The number of unbranched alkanes of at least 4 members (excludes halogenated alkanes) is 1. The zero-order valence-electron chi connectivity index (χ0n) is 27.5. The minimum absolute atomic E-state index is 0.110. The average molecular weight is 610 g/mol. The monoisotopic (exact) mass is 609 g/mol. The first-order valence-electron chi connectivity index (χ1n) is 15.7. The molecule has 8 nitrogen and oxygen atoms in total. The van der Waals surface area contributed by atoms with Crippen molar-refractivity contribution < 1.29 is 14.1 Å². The maximum absolute atomic E-state index is 13.6. The van der Waals surface area contributed by atoms with Crippen molar-refractivity contribution in [2.45, 2.75) is 73.5 Å². The highest BCUT2D eigenvalue weighted by atomic mass is 16.5. The minimum atomic E-state index is -0.324. The summed E-state index contributed by atoms with van der Waals surface area (Å²) in [6, 6.07) is 24.1. The van der Waals surface area contributed by atoms with Crippen LogP contribution in [-0.4, -0.2) is 35.5 Å². The molecule has 0 bridgehead atoms. The van der Waals surface area contributed by atoms with Gasteiger partial charge in [-0.3, -0.25) is 9.59 Å². The highest BCUT2D eigenvalue weighted by Crippen LogP contribution is 2.33. The number of rotatable bonds is 13. The molecule has 0 aliphatic heterocycles.